The van der Waals surface area contributed by atoms with E-state index in [4.69, 9.17) is 27.2 Å². The number of carbonyl (C=O) groups excluding carboxylic acids is 5. The third kappa shape index (κ3) is 37.9. The standard InChI is InChI=1S/C38H69BBrN5O10/c39-31-35(48)41-19-23-45(24-20-42-36(49)32-40)37(50)18-17-34(47)44-22-26-54-28-30-55-29-27-53-25-21-43-33(46)15-13-11-9-7-5-3-1-2-4-6-8-10-12-14-16-38(51)52/h1-32H2,(H,41,48)(H,42,49)(H,43,46)(H,44,47)(H,51,52). The minimum atomic E-state index is -0.694. The van der Waals surface area contributed by atoms with Gasteiger partial charge in [-0.05, 0) is 19.2 Å². The minimum Gasteiger partial charge on any atom is -0.481 e. The maximum absolute atomic E-state index is 12.7. The van der Waals surface area contributed by atoms with Gasteiger partial charge >= 0.3 is 5.97 Å². The number of hydrogen-bond donors (Lipinski definition) is 5. The molecule has 0 saturated carbocycles. The molecule has 0 aromatic heterocycles. The van der Waals surface area contributed by atoms with Gasteiger partial charge in [-0.1, -0.05) is 93.0 Å². The quantitative estimate of drug-likeness (QED) is 0.0346. The van der Waals surface area contributed by atoms with E-state index in [0.29, 0.717) is 65.6 Å². The summed E-state index contributed by atoms with van der Waals surface area (Å²) in [5.41, 5.74) is 0. The first kappa shape index (κ1) is 52.2. The monoisotopic (exact) mass is 845 g/mol. The van der Waals surface area contributed by atoms with Crippen molar-refractivity contribution in [1.29, 1.82) is 0 Å². The third-order valence-electron chi connectivity index (χ3n) is 8.56. The van der Waals surface area contributed by atoms with Crippen molar-refractivity contribution in [1.82, 2.24) is 26.2 Å². The average Bonchev–Trinajstić information content (AvgIpc) is 3.17. The summed E-state index contributed by atoms with van der Waals surface area (Å²) in [5, 5.41) is 19.7. The Morgan fingerprint density at radius 1 is 0.473 bits per heavy atom. The smallest absolute Gasteiger partial charge is 0.303 e. The van der Waals surface area contributed by atoms with Crippen molar-refractivity contribution in [2.45, 2.75) is 122 Å². The first-order valence-corrected chi connectivity index (χ1v) is 21.4. The molecule has 2 radical (unpaired) electrons. The molecule has 0 aromatic carbocycles. The molecule has 0 unspecified atom stereocenters. The molecule has 17 heteroatoms. The van der Waals surface area contributed by atoms with Crippen molar-refractivity contribution < 1.29 is 48.1 Å². The molecule has 0 atom stereocenters. The Balaban J connectivity index is 3.59. The van der Waals surface area contributed by atoms with Crippen molar-refractivity contribution in [3.63, 3.8) is 0 Å². The van der Waals surface area contributed by atoms with Crippen LogP contribution in [0.4, 0.5) is 0 Å². The average molecular weight is 847 g/mol. The molecule has 0 spiro atoms. The molecule has 0 saturated heterocycles. The van der Waals surface area contributed by atoms with Crippen LogP contribution in [0.15, 0.2) is 0 Å². The second kappa shape index (κ2) is 39.5. The van der Waals surface area contributed by atoms with Crippen LogP contribution in [0.5, 0.6) is 0 Å². The van der Waals surface area contributed by atoms with Crippen LogP contribution in [0.1, 0.15) is 116 Å². The molecule has 0 aliphatic heterocycles. The van der Waals surface area contributed by atoms with Crippen LogP contribution in [0.3, 0.4) is 0 Å². The molecule has 15 nitrogen and oxygen atoms in total. The molecule has 0 aromatic rings. The van der Waals surface area contributed by atoms with Gasteiger partial charge in [0.15, 0.2) is 0 Å². The molecule has 0 aliphatic carbocycles. The van der Waals surface area contributed by atoms with Crippen molar-refractivity contribution in [2.75, 3.05) is 84.2 Å². The van der Waals surface area contributed by atoms with E-state index in [0.717, 1.165) is 32.1 Å². The van der Waals surface area contributed by atoms with Crippen molar-refractivity contribution in [3.8, 4) is 0 Å². The number of halogens is 1. The number of rotatable bonds is 40. The largest absolute Gasteiger partial charge is 0.481 e. The molecule has 0 fully saturated rings. The van der Waals surface area contributed by atoms with Crippen molar-refractivity contribution in [2.24, 2.45) is 0 Å². The molecule has 55 heavy (non-hydrogen) atoms. The number of amides is 5. The van der Waals surface area contributed by atoms with Gasteiger partial charge in [0, 0.05) is 65.0 Å². The number of ether oxygens (including phenoxy) is 3. The molecule has 0 heterocycles. The zero-order valence-electron chi connectivity index (χ0n) is 33.2. The highest BCUT2D eigenvalue weighted by Crippen LogP contribution is 2.14. The van der Waals surface area contributed by atoms with Crippen LogP contribution in [0, 0.1) is 0 Å². The summed E-state index contributed by atoms with van der Waals surface area (Å²) >= 11 is 3.06. The van der Waals surface area contributed by atoms with Crippen LogP contribution < -0.4 is 21.3 Å². The third-order valence-corrected chi connectivity index (χ3v) is 9.07. The van der Waals surface area contributed by atoms with Gasteiger partial charge in [0.1, 0.15) is 0 Å². The zero-order valence-corrected chi connectivity index (χ0v) is 34.7. The molecule has 5 amide bonds. The van der Waals surface area contributed by atoms with Gasteiger partial charge in [-0.25, -0.2) is 0 Å². The van der Waals surface area contributed by atoms with Gasteiger partial charge in [0.05, 0.1) is 52.8 Å². The maximum Gasteiger partial charge on any atom is 0.303 e. The lowest BCUT2D eigenvalue weighted by molar-refractivity contribution is -0.137. The summed E-state index contributed by atoms with van der Waals surface area (Å²) in [6.07, 6.45) is 16.9. The Bertz CT molecular complexity index is 1010. The Morgan fingerprint density at radius 2 is 0.855 bits per heavy atom. The summed E-state index contributed by atoms with van der Waals surface area (Å²) in [7, 11) is 5.29. The van der Waals surface area contributed by atoms with E-state index in [1.807, 2.05) is 0 Å². The van der Waals surface area contributed by atoms with E-state index < -0.39 is 5.97 Å². The summed E-state index contributed by atoms with van der Waals surface area (Å²) < 4.78 is 16.4. The minimum absolute atomic E-state index is 0.00380. The fraction of sp³-hybridized carbons (Fsp3) is 0.842. The number of aliphatic carboxylic acids is 1. The van der Waals surface area contributed by atoms with Crippen LogP contribution in [-0.4, -0.2) is 138 Å². The number of nitrogens with zero attached hydrogens (tertiary/aromatic N) is 1. The summed E-state index contributed by atoms with van der Waals surface area (Å²) in [5.74, 6) is -1.74. The van der Waals surface area contributed by atoms with Crippen LogP contribution in [0.2, 0.25) is 6.32 Å². The lowest BCUT2D eigenvalue weighted by Gasteiger charge is -2.23. The Kier molecular flexibility index (Phi) is 37.5. The van der Waals surface area contributed by atoms with E-state index in [1.54, 1.807) is 0 Å². The summed E-state index contributed by atoms with van der Waals surface area (Å²) in [6.45, 7) is 3.93. The predicted octanol–water partition coefficient (Wildman–Crippen LogP) is 3.42. The topological polar surface area (TPSA) is 202 Å². The number of unbranched alkanes of at least 4 members (excludes halogenated alkanes) is 13. The Labute approximate surface area is 338 Å². The van der Waals surface area contributed by atoms with E-state index in [2.05, 4.69) is 37.2 Å². The molecular weight excluding hydrogens is 777 g/mol. The van der Waals surface area contributed by atoms with Gasteiger partial charge in [0.25, 0.3) is 0 Å². The van der Waals surface area contributed by atoms with Crippen molar-refractivity contribution in [3.05, 3.63) is 0 Å². The second-order valence-corrected chi connectivity index (χ2v) is 13.9. The predicted molar refractivity (Wildman–Crippen MR) is 216 cm³/mol. The van der Waals surface area contributed by atoms with E-state index in [1.165, 1.54) is 62.7 Å². The molecule has 5 N–H and O–H groups in total. The highest BCUT2D eigenvalue weighted by atomic mass is 79.9. The van der Waals surface area contributed by atoms with E-state index in [9.17, 15) is 28.8 Å². The molecule has 0 bridgehead atoms. The number of alkyl halides is 1. The zero-order chi connectivity index (χ0) is 40.6. The van der Waals surface area contributed by atoms with Crippen molar-refractivity contribution >= 4 is 59.3 Å². The second-order valence-electron chi connectivity index (χ2n) is 13.3. The number of carbonyl (C=O) groups is 6. The molecule has 316 valence electrons. The highest BCUT2D eigenvalue weighted by Gasteiger charge is 2.15. The fourth-order valence-electron chi connectivity index (χ4n) is 5.45. The van der Waals surface area contributed by atoms with Crippen LogP contribution in [-0.2, 0) is 43.0 Å². The highest BCUT2D eigenvalue weighted by molar-refractivity contribution is 9.09. The maximum atomic E-state index is 12.7. The number of nitrogens with one attached hydrogen (secondary N) is 4. The van der Waals surface area contributed by atoms with Gasteiger partial charge in [-0.2, -0.15) is 0 Å². The summed E-state index contributed by atoms with van der Waals surface area (Å²) in [6, 6.07) is 0. The molecule has 0 aliphatic rings. The summed E-state index contributed by atoms with van der Waals surface area (Å²) in [4.78, 5) is 71.7. The first-order chi connectivity index (χ1) is 26.7. The number of hydrogen-bond acceptors (Lipinski definition) is 9. The lowest BCUT2D eigenvalue weighted by Crippen LogP contribution is -2.43. The molecular formula is C38H69BBrN5O10. The van der Waals surface area contributed by atoms with Gasteiger partial charge in [-0.15, -0.1) is 0 Å². The van der Waals surface area contributed by atoms with Gasteiger partial charge in [0.2, 0.25) is 29.5 Å². The van der Waals surface area contributed by atoms with Crippen LogP contribution in [0.25, 0.3) is 0 Å². The molecule has 0 rings (SSSR count). The van der Waals surface area contributed by atoms with Crippen LogP contribution >= 0.6 is 15.9 Å². The number of carboxylic acids is 1. The number of carboxylic acid groups (broad SMARTS) is 1. The Morgan fingerprint density at radius 3 is 1.29 bits per heavy atom. The van der Waals surface area contributed by atoms with E-state index >= 15 is 0 Å². The Hall–Kier alpha value is -2.76. The van der Waals surface area contributed by atoms with E-state index in [-0.39, 0.29) is 80.2 Å². The fourth-order valence-corrected chi connectivity index (χ4v) is 5.65. The van der Waals surface area contributed by atoms with Gasteiger partial charge in [-0.3, -0.25) is 28.8 Å². The SMILES string of the molecule is [B]CC(=O)NCCN(CCNC(=O)CBr)C(=O)CCC(=O)NCCOCCOCCOCCNC(=O)CCCCCCCCCCCCCCCCC(=O)O. The van der Waals surface area contributed by atoms with Gasteiger partial charge < -0.3 is 45.5 Å². The first-order valence-electron chi connectivity index (χ1n) is 20.2. The normalized spacial score (nSPS) is 10.9. The lowest BCUT2D eigenvalue weighted by atomic mass is 10.0.